The van der Waals surface area contributed by atoms with Gasteiger partial charge in [-0.3, -0.25) is 14.4 Å². The predicted octanol–water partition coefficient (Wildman–Crippen LogP) is 0.977. The standard InChI is InChI=1S/C15H18N6O4/c1-8-5-21-12(7-19(8)15(23)24)11(4-16-21)20-6-10(3-13(20)22)14-17-9(2)18-25-14/h4,8,10H,3,5-7H2,1-2H3,(H,23,24)/t8-,10?/m0/s1. The molecule has 1 saturated heterocycles. The first-order valence-electron chi connectivity index (χ1n) is 8.09. The first kappa shape index (κ1) is 15.6. The second-order valence-corrected chi connectivity index (χ2v) is 6.50. The van der Waals surface area contributed by atoms with Crippen LogP contribution in [0.25, 0.3) is 0 Å². The van der Waals surface area contributed by atoms with Gasteiger partial charge in [0.2, 0.25) is 11.8 Å². The summed E-state index contributed by atoms with van der Waals surface area (Å²) in [6.07, 6.45) is 0.941. The summed E-state index contributed by atoms with van der Waals surface area (Å²) < 4.78 is 6.97. The number of anilines is 1. The van der Waals surface area contributed by atoms with Crippen molar-refractivity contribution in [3.63, 3.8) is 0 Å². The lowest BCUT2D eigenvalue weighted by atomic mass is 10.1. The van der Waals surface area contributed by atoms with Crippen LogP contribution in [0.2, 0.25) is 0 Å². The van der Waals surface area contributed by atoms with Gasteiger partial charge in [0.25, 0.3) is 0 Å². The summed E-state index contributed by atoms with van der Waals surface area (Å²) >= 11 is 0. The number of rotatable bonds is 2. The van der Waals surface area contributed by atoms with E-state index in [9.17, 15) is 14.7 Å². The van der Waals surface area contributed by atoms with Gasteiger partial charge >= 0.3 is 6.09 Å². The minimum Gasteiger partial charge on any atom is -0.465 e. The number of hydrogen-bond donors (Lipinski definition) is 1. The Labute approximate surface area is 143 Å². The Bertz CT molecular complexity index is 843. The van der Waals surface area contributed by atoms with Gasteiger partial charge in [-0.25, -0.2) is 4.79 Å². The molecule has 132 valence electrons. The van der Waals surface area contributed by atoms with E-state index in [0.717, 1.165) is 5.69 Å². The van der Waals surface area contributed by atoms with Crippen LogP contribution in [-0.4, -0.2) is 54.5 Å². The maximum Gasteiger partial charge on any atom is 0.407 e. The van der Waals surface area contributed by atoms with Crippen LogP contribution in [0, 0.1) is 6.92 Å². The molecule has 2 aromatic rings. The molecular weight excluding hydrogens is 328 g/mol. The van der Waals surface area contributed by atoms with E-state index in [-0.39, 0.29) is 30.8 Å². The molecule has 10 heteroatoms. The number of carboxylic acid groups (broad SMARTS) is 1. The molecule has 2 amide bonds. The third-order valence-electron chi connectivity index (χ3n) is 4.77. The normalized spacial score (nSPS) is 23.2. The predicted molar refractivity (Wildman–Crippen MR) is 84.0 cm³/mol. The number of amides is 2. The van der Waals surface area contributed by atoms with Gasteiger partial charge in [0, 0.05) is 13.0 Å². The van der Waals surface area contributed by atoms with Crippen molar-refractivity contribution >= 4 is 17.7 Å². The van der Waals surface area contributed by atoms with Crippen LogP contribution in [0.1, 0.15) is 36.7 Å². The van der Waals surface area contributed by atoms with Gasteiger partial charge in [-0.1, -0.05) is 5.16 Å². The molecule has 1 unspecified atom stereocenters. The molecule has 0 aromatic carbocycles. The molecule has 0 bridgehead atoms. The lowest BCUT2D eigenvalue weighted by Gasteiger charge is -2.32. The molecule has 0 saturated carbocycles. The van der Waals surface area contributed by atoms with Crippen LogP contribution in [0.3, 0.4) is 0 Å². The van der Waals surface area contributed by atoms with E-state index in [4.69, 9.17) is 4.52 Å². The van der Waals surface area contributed by atoms with Gasteiger partial charge in [0.05, 0.1) is 42.6 Å². The number of hydrogen-bond acceptors (Lipinski definition) is 6. The highest BCUT2D eigenvalue weighted by molar-refractivity contribution is 5.96. The average molecular weight is 346 g/mol. The third-order valence-corrected chi connectivity index (χ3v) is 4.77. The number of aromatic nitrogens is 4. The first-order chi connectivity index (χ1) is 11.9. The molecule has 25 heavy (non-hydrogen) atoms. The minimum absolute atomic E-state index is 0.0582. The maximum atomic E-state index is 12.5. The van der Waals surface area contributed by atoms with Crippen molar-refractivity contribution in [2.75, 3.05) is 11.4 Å². The van der Waals surface area contributed by atoms with E-state index < -0.39 is 6.09 Å². The van der Waals surface area contributed by atoms with Crippen molar-refractivity contribution in [1.29, 1.82) is 0 Å². The van der Waals surface area contributed by atoms with Crippen molar-refractivity contribution in [3.8, 4) is 0 Å². The highest BCUT2D eigenvalue weighted by atomic mass is 16.5. The molecule has 2 aliphatic heterocycles. The Hall–Kier alpha value is -2.91. The Morgan fingerprint density at radius 2 is 2.20 bits per heavy atom. The Balaban J connectivity index is 1.61. The first-order valence-corrected chi connectivity index (χ1v) is 8.09. The lowest BCUT2D eigenvalue weighted by molar-refractivity contribution is -0.117. The maximum absolute atomic E-state index is 12.5. The van der Waals surface area contributed by atoms with Gasteiger partial charge in [0.1, 0.15) is 0 Å². The molecule has 0 radical (unpaired) electrons. The number of fused-ring (bicyclic) bond motifs is 1. The third kappa shape index (κ3) is 2.53. The van der Waals surface area contributed by atoms with Gasteiger partial charge in [-0.2, -0.15) is 10.1 Å². The largest absolute Gasteiger partial charge is 0.465 e. The minimum atomic E-state index is -0.974. The van der Waals surface area contributed by atoms with Gasteiger partial charge in [-0.15, -0.1) is 0 Å². The molecular formula is C15H18N6O4. The zero-order valence-electron chi connectivity index (χ0n) is 13.9. The molecule has 1 fully saturated rings. The van der Waals surface area contributed by atoms with Crippen molar-refractivity contribution in [1.82, 2.24) is 24.8 Å². The Morgan fingerprint density at radius 1 is 1.40 bits per heavy atom. The van der Waals surface area contributed by atoms with E-state index >= 15 is 0 Å². The molecule has 10 nitrogen and oxygen atoms in total. The summed E-state index contributed by atoms with van der Waals surface area (Å²) in [6, 6.07) is -0.166. The van der Waals surface area contributed by atoms with Gasteiger partial charge in [0.15, 0.2) is 5.82 Å². The number of carbonyl (C=O) groups excluding carboxylic acids is 1. The SMILES string of the molecule is Cc1noc(C2CC(=O)N(c3cnn4c3CN(C(=O)O)[C@@H](C)C4)C2)n1. The monoisotopic (exact) mass is 346 g/mol. The molecule has 2 aliphatic rings. The van der Waals surface area contributed by atoms with E-state index in [2.05, 4.69) is 15.2 Å². The average Bonchev–Trinajstić information content (AvgIpc) is 3.24. The smallest absolute Gasteiger partial charge is 0.407 e. The topological polar surface area (TPSA) is 118 Å². The van der Waals surface area contributed by atoms with Crippen LogP contribution in [-0.2, 0) is 17.9 Å². The highest BCUT2D eigenvalue weighted by Crippen LogP contribution is 2.34. The van der Waals surface area contributed by atoms with Crippen molar-refractivity contribution in [2.24, 2.45) is 0 Å². The molecule has 0 aliphatic carbocycles. The fourth-order valence-electron chi connectivity index (χ4n) is 3.45. The molecule has 4 heterocycles. The summed E-state index contributed by atoms with van der Waals surface area (Å²) in [7, 11) is 0. The van der Waals surface area contributed by atoms with Crippen molar-refractivity contribution < 1.29 is 19.2 Å². The van der Waals surface area contributed by atoms with Crippen LogP contribution >= 0.6 is 0 Å². The van der Waals surface area contributed by atoms with Crippen molar-refractivity contribution in [3.05, 3.63) is 23.6 Å². The molecule has 1 N–H and O–H groups in total. The molecule has 2 aromatic heterocycles. The summed E-state index contributed by atoms with van der Waals surface area (Å²) in [5.41, 5.74) is 1.39. The zero-order valence-corrected chi connectivity index (χ0v) is 13.9. The van der Waals surface area contributed by atoms with Crippen LogP contribution in [0.15, 0.2) is 10.7 Å². The Morgan fingerprint density at radius 3 is 2.88 bits per heavy atom. The number of aryl methyl sites for hydroxylation is 1. The summed E-state index contributed by atoms with van der Waals surface area (Å²) in [5, 5.41) is 17.5. The fourth-order valence-corrected chi connectivity index (χ4v) is 3.45. The molecule has 4 rings (SSSR count). The van der Waals surface area contributed by atoms with Crippen molar-refractivity contribution in [2.45, 2.75) is 45.3 Å². The Kier molecular flexibility index (Phi) is 3.48. The zero-order chi connectivity index (χ0) is 17.7. The van der Waals surface area contributed by atoms with E-state index in [1.54, 1.807) is 22.7 Å². The van der Waals surface area contributed by atoms with E-state index in [1.807, 2.05) is 6.92 Å². The quantitative estimate of drug-likeness (QED) is 0.861. The number of nitrogens with zero attached hydrogens (tertiary/aromatic N) is 6. The second-order valence-electron chi connectivity index (χ2n) is 6.50. The second kappa shape index (κ2) is 5.57. The molecule has 0 spiro atoms. The van der Waals surface area contributed by atoms with Gasteiger partial charge in [-0.05, 0) is 13.8 Å². The van der Waals surface area contributed by atoms with Crippen LogP contribution in [0.4, 0.5) is 10.5 Å². The highest BCUT2D eigenvalue weighted by Gasteiger charge is 2.38. The summed E-state index contributed by atoms with van der Waals surface area (Å²) in [4.78, 5) is 31.1. The summed E-state index contributed by atoms with van der Waals surface area (Å²) in [5.74, 6) is 0.768. The summed E-state index contributed by atoms with van der Waals surface area (Å²) in [6.45, 7) is 4.67. The van der Waals surface area contributed by atoms with Crippen LogP contribution in [0.5, 0.6) is 0 Å². The number of carbonyl (C=O) groups is 2. The van der Waals surface area contributed by atoms with Crippen LogP contribution < -0.4 is 4.90 Å². The fraction of sp³-hybridized carbons (Fsp3) is 0.533. The van der Waals surface area contributed by atoms with Gasteiger partial charge < -0.3 is 14.5 Å². The lowest BCUT2D eigenvalue weighted by Crippen LogP contribution is -2.44. The van der Waals surface area contributed by atoms with E-state index in [1.165, 1.54) is 4.90 Å². The van der Waals surface area contributed by atoms with E-state index in [0.29, 0.717) is 30.5 Å². The molecule has 2 atom stereocenters.